The fourth-order valence-electron chi connectivity index (χ4n) is 3.84. The van der Waals surface area contributed by atoms with E-state index in [1.54, 1.807) is 25.3 Å². The number of aromatic nitrogens is 2. The third-order valence-electron chi connectivity index (χ3n) is 5.33. The van der Waals surface area contributed by atoms with Crippen LogP contribution in [0, 0.1) is 5.92 Å². The number of hydrogen-bond donors (Lipinski definition) is 1. The lowest BCUT2D eigenvalue weighted by Gasteiger charge is -2.32. The number of carbonyl (C=O) groups excluding carboxylic acids is 1. The van der Waals surface area contributed by atoms with Crippen LogP contribution in [0.15, 0.2) is 30.6 Å². The zero-order valence-corrected chi connectivity index (χ0v) is 17.4. The Balaban J connectivity index is 1.49. The van der Waals surface area contributed by atoms with Crippen molar-refractivity contribution in [3.05, 3.63) is 41.4 Å². The molecule has 0 spiro atoms. The fourth-order valence-corrected chi connectivity index (χ4v) is 4.01. The number of imidazole rings is 1. The van der Waals surface area contributed by atoms with Crippen molar-refractivity contribution >= 4 is 23.2 Å². The molecule has 28 heavy (non-hydrogen) atoms. The lowest BCUT2D eigenvalue weighted by atomic mass is 9.93. The number of nitrogens with one attached hydrogen (secondary N) is 1. The smallest absolute Gasteiger partial charge is 0.224 e. The topological polar surface area (TPSA) is 59.4 Å². The average molecular weight is 405 g/mol. The van der Waals surface area contributed by atoms with Gasteiger partial charge < -0.3 is 14.6 Å². The summed E-state index contributed by atoms with van der Waals surface area (Å²) < 4.78 is 7.48. The Morgan fingerprint density at radius 2 is 2.29 bits per heavy atom. The van der Waals surface area contributed by atoms with Gasteiger partial charge in [0.2, 0.25) is 5.91 Å². The number of rotatable bonds is 8. The molecule has 0 bridgehead atoms. The zero-order valence-electron chi connectivity index (χ0n) is 16.7. The molecule has 2 heterocycles. The molecular weight excluding hydrogens is 376 g/mol. The van der Waals surface area contributed by atoms with Crippen LogP contribution in [0.25, 0.3) is 0 Å². The summed E-state index contributed by atoms with van der Waals surface area (Å²) in [6.07, 6.45) is 7.62. The molecule has 1 fully saturated rings. The van der Waals surface area contributed by atoms with E-state index in [9.17, 15) is 4.79 Å². The summed E-state index contributed by atoms with van der Waals surface area (Å²) in [4.78, 5) is 19.4. The maximum Gasteiger partial charge on any atom is 0.224 e. The van der Waals surface area contributed by atoms with Crippen LogP contribution in [-0.4, -0.2) is 40.6 Å². The summed E-state index contributed by atoms with van der Waals surface area (Å²) in [7, 11) is 1.58. The van der Waals surface area contributed by atoms with Gasteiger partial charge in [-0.2, -0.15) is 0 Å². The van der Waals surface area contributed by atoms with Gasteiger partial charge in [-0.05, 0) is 56.8 Å². The lowest BCUT2D eigenvalue weighted by Crippen LogP contribution is -2.36. The standard InChI is InChI=1S/C21H29ClN4O2/c1-3-26-12-10-23-20(26)15-25-11-4-5-16(14-25)6-9-21(27)24-18-13-17(22)7-8-19(18)28-2/h7-8,10,12-13,16H,3-6,9,11,14-15H2,1-2H3,(H,24,27). The van der Waals surface area contributed by atoms with Gasteiger partial charge in [0.25, 0.3) is 0 Å². The number of piperidine rings is 1. The second-order valence-corrected chi connectivity index (χ2v) is 7.74. The molecule has 1 aliphatic heterocycles. The SMILES string of the molecule is CCn1ccnc1CN1CCCC(CCC(=O)Nc2cc(Cl)ccc2OC)C1. The van der Waals surface area contributed by atoms with E-state index in [0.717, 1.165) is 38.4 Å². The summed E-state index contributed by atoms with van der Waals surface area (Å²) >= 11 is 6.03. The van der Waals surface area contributed by atoms with Crippen LogP contribution in [0.3, 0.4) is 0 Å². The molecule has 1 atom stereocenters. The molecule has 1 N–H and O–H groups in total. The first-order valence-corrected chi connectivity index (χ1v) is 10.3. The van der Waals surface area contributed by atoms with E-state index >= 15 is 0 Å². The van der Waals surface area contributed by atoms with Crippen LogP contribution in [0.1, 0.15) is 38.4 Å². The summed E-state index contributed by atoms with van der Waals surface area (Å²) in [6.45, 7) is 6.07. The molecular formula is C21H29ClN4O2. The molecule has 1 aromatic heterocycles. The van der Waals surface area contributed by atoms with Gasteiger partial charge in [0.15, 0.2) is 0 Å². The van der Waals surface area contributed by atoms with Crippen molar-refractivity contribution in [2.45, 2.75) is 45.7 Å². The number of benzene rings is 1. The highest BCUT2D eigenvalue weighted by atomic mass is 35.5. The number of hydrogen-bond acceptors (Lipinski definition) is 4. The Hall–Kier alpha value is -2.05. The number of ether oxygens (including phenoxy) is 1. The molecule has 2 aromatic rings. The number of amides is 1. The number of halogens is 1. The van der Waals surface area contributed by atoms with Crippen LogP contribution in [-0.2, 0) is 17.9 Å². The first-order chi connectivity index (χ1) is 13.6. The first kappa shape index (κ1) is 20.7. The van der Waals surface area contributed by atoms with Crippen molar-refractivity contribution in [3.63, 3.8) is 0 Å². The molecule has 1 saturated heterocycles. The van der Waals surface area contributed by atoms with Gasteiger partial charge in [-0.25, -0.2) is 4.98 Å². The van der Waals surface area contributed by atoms with E-state index in [2.05, 4.69) is 26.7 Å². The molecule has 1 aromatic carbocycles. The van der Waals surface area contributed by atoms with E-state index in [1.165, 1.54) is 12.8 Å². The molecule has 0 saturated carbocycles. The lowest BCUT2D eigenvalue weighted by molar-refractivity contribution is -0.116. The molecule has 6 nitrogen and oxygen atoms in total. The quantitative estimate of drug-likeness (QED) is 0.716. The highest BCUT2D eigenvalue weighted by Crippen LogP contribution is 2.28. The number of likely N-dealkylation sites (tertiary alicyclic amines) is 1. The third-order valence-corrected chi connectivity index (χ3v) is 5.56. The van der Waals surface area contributed by atoms with Crippen LogP contribution in [0.5, 0.6) is 5.75 Å². The third kappa shape index (κ3) is 5.49. The van der Waals surface area contributed by atoms with Gasteiger partial charge >= 0.3 is 0 Å². The van der Waals surface area contributed by atoms with E-state index in [4.69, 9.17) is 16.3 Å². The van der Waals surface area contributed by atoms with Crippen molar-refractivity contribution in [2.75, 3.05) is 25.5 Å². The minimum Gasteiger partial charge on any atom is -0.495 e. The van der Waals surface area contributed by atoms with Gasteiger partial charge in [0.05, 0.1) is 19.3 Å². The Morgan fingerprint density at radius 3 is 3.07 bits per heavy atom. The Morgan fingerprint density at radius 1 is 1.43 bits per heavy atom. The van der Waals surface area contributed by atoms with Gasteiger partial charge in [0, 0.05) is 36.9 Å². The molecule has 0 radical (unpaired) electrons. The van der Waals surface area contributed by atoms with Crippen LogP contribution in [0.2, 0.25) is 5.02 Å². The number of nitrogens with zero attached hydrogens (tertiary/aromatic N) is 3. The minimum absolute atomic E-state index is 0.000726. The van der Waals surface area contributed by atoms with Crippen molar-refractivity contribution in [3.8, 4) is 5.75 Å². The van der Waals surface area contributed by atoms with Crippen LogP contribution < -0.4 is 10.1 Å². The van der Waals surface area contributed by atoms with Crippen molar-refractivity contribution in [2.24, 2.45) is 5.92 Å². The summed E-state index contributed by atoms with van der Waals surface area (Å²) in [6, 6.07) is 5.23. The molecule has 0 aliphatic carbocycles. The van der Waals surface area contributed by atoms with Gasteiger partial charge in [-0.3, -0.25) is 9.69 Å². The molecule has 3 rings (SSSR count). The second-order valence-electron chi connectivity index (χ2n) is 7.30. The number of carbonyl (C=O) groups is 1. The van der Waals surface area contributed by atoms with Crippen LogP contribution in [0.4, 0.5) is 5.69 Å². The highest BCUT2D eigenvalue weighted by Gasteiger charge is 2.22. The highest BCUT2D eigenvalue weighted by molar-refractivity contribution is 6.31. The van der Waals surface area contributed by atoms with E-state index < -0.39 is 0 Å². The maximum atomic E-state index is 12.4. The number of methoxy groups -OCH3 is 1. The predicted octanol–water partition coefficient (Wildman–Crippen LogP) is 4.20. The molecule has 1 amide bonds. The van der Waals surface area contributed by atoms with Gasteiger partial charge in [0.1, 0.15) is 11.6 Å². The predicted molar refractivity (Wildman–Crippen MR) is 112 cm³/mol. The second kappa shape index (κ2) is 9.94. The normalized spacial score (nSPS) is 17.5. The summed E-state index contributed by atoms with van der Waals surface area (Å²) in [5.41, 5.74) is 0.622. The Bertz CT molecular complexity index is 792. The minimum atomic E-state index is -0.000726. The van der Waals surface area contributed by atoms with E-state index in [0.29, 0.717) is 28.8 Å². The Labute approximate surface area is 171 Å². The van der Waals surface area contributed by atoms with Crippen molar-refractivity contribution < 1.29 is 9.53 Å². The van der Waals surface area contributed by atoms with Crippen LogP contribution >= 0.6 is 11.6 Å². The van der Waals surface area contributed by atoms with Gasteiger partial charge in [-0.1, -0.05) is 11.6 Å². The van der Waals surface area contributed by atoms with E-state index in [1.807, 2.05) is 12.4 Å². The van der Waals surface area contributed by atoms with E-state index in [-0.39, 0.29) is 5.91 Å². The molecule has 1 unspecified atom stereocenters. The number of anilines is 1. The van der Waals surface area contributed by atoms with Crippen molar-refractivity contribution in [1.29, 1.82) is 0 Å². The zero-order chi connectivity index (χ0) is 19.9. The van der Waals surface area contributed by atoms with Crippen molar-refractivity contribution in [1.82, 2.24) is 14.5 Å². The molecule has 152 valence electrons. The number of aryl methyl sites for hydroxylation is 1. The fraction of sp³-hybridized carbons (Fsp3) is 0.524. The monoisotopic (exact) mass is 404 g/mol. The molecule has 7 heteroatoms. The molecule has 1 aliphatic rings. The Kier molecular flexibility index (Phi) is 7.34. The largest absolute Gasteiger partial charge is 0.495 e. The maximum absolute atomic E-state index is 12.4. The first-order valence-electron chi connectivity index (χ1n) is 9.94. The average Bonchev–Trinajstić information content (AvgIpc) is 3.14. The van der Waals surface area contributed by atoms with Gasteiger partial charge in [-0.15, -0.1) is 0 Å². The summed E-state index contributed by atoms with van der Waals surface area (Å²) in [5.74, 6) is 2.27. The summed E-state index contributed by atoms with van der Waals surface area (Å²) in [5, 5.41) is 3.50.